The molecule has 0 spiro atoms. The lowest BCUT2D eigenvalue weighted by Gasteiger charge is -2.34. The minimum absolute atomic E-state index is 0.232. The van der Waals surface area contributed by atoms with Gasteiger partial charge in [0.15, 0.2) is 11.6 Å². The molecule has 1 N–H and O–H groups in total. The number of anilines is 1. The number of benzene rings is 3. The summed E-state index contributed by atoms with van der Waals surface area (Å²) >= 11 is 0. The van der Waals surface area contributed by atoms with Crippen LogP contribution in [0.25, 0.3) is 11.1 Å². The highest BCUT2D eigenvalue weighted by Gasteiger charge is 2.20. The van der Waals surface area contributed by atoms with Crippen LogP contribution in [0.4, 0.5) is 14.9 Å². The topological polar surface area (TPSA) is 53.0 Å². The third-order valence-corrected chi connectivity index (χ3v) is 5.29. The standard InChI is InChI=1S/C24H23FN2O3/c25-22-16-20(8-11-23(22)30-17-18-4-2-1-3-5-18)19-6-9-21(10-7-19)26-12-14-27(15-13-26)24(28)29/h1-11,16H,12-15,17H2,(H,28,29). The molecular formula is C24H23FN2O3. The molecule has 30 heavy (non-hydrogen) atoms. The molecule has 0 saturated carbocycles. The minimum atomic E-state index is -0.872. The largest absolute Gasteiger partial charge is 0.486 e. The lowest BCUT2D eigenvalue weighted by atomic mass is 10.0. The molecule has 1 fully saturated rings. The summed E-state index contributed by atoms with van der Waals surface area (Å²) in [6.45, 7) is 2.63. The van der Waals surface area contributed by atoms with Gasteiger partial charge in [-0.15, -0.1) is 0 Å². The average Bonchev–Trinajstić information content (AvgIpc) is 2.79. The molecule has 1 heterocycles. The van der Waals surface area contributed by atoms with Crippen molar-refractivity contribution in [2.24, 2.45) is 0 Å². The van der Waals surface area contributed by atoms with Crippen molar-refractivity contribution in [2.45, 2.75) is 6.61 Å². The lowest BCUT2D eigenvalue weighted by Crippen LogP contribution is -2.48. The van der Waals surface area contributed by atoms with Gasteiger partial charge in [-0.1, -0.05) is 48.5 Å². The van der Waals surface area contributed by atoms with Gasteiger partial charge in [-0.3, -0.25) is 0 Å². The fourth-order valence-electron chi connectivity index (χ4n) is 3.55. The van der Waals surface area contributed by atoms with Gasteiger partial charge in [-0.25, -0.2) is 9.18 Å². The van der Waals surface area contributed by atoms with Crippen LogP contribution in [0.3, 0.4) is 0 Å². The van der Waals surface area contributed by atoms with Crippen LogP contribution in [0.2, 0.25) is 0 Å². The smallest absolute Gasteiger partial charge is 0.407 e. The third-order valence-electron chi connectivity index (χ3n) is 5.29. The molecule has 0 radical (unpaired) electrons. The fourth-order valence-corrected chi connectivity index (χ4v) is 3.55. The summed E-state index contributed by atoms with van der Waals surface area (Å²) in [7, 11) is 0. The van der Waals surface area contributed by atoms with Gasteiger partial charge in [0.1, 0.15) is 6.61 Å². The van der Waals surface area contributed by atoms with Gasteiger partial charge in [-0.05, 0) is 41.0 Å². The van der Waals surface area contributed by atoms with E-state index in [1.807, 2.05) is 60.7 Å². The predicted octanol–water partition coefficient (Wildman–Crippen LogP) is 4.87. The highest BCUT2D eigenvalue weighted by molar-refractivity contribution is 5.68. The molecule has 4 rings (SSSR count). The quantitative estimate of drug-likeness (QED) is 0.657. The van der Waals surface area contributed by atoms with Gasteiger partial charge in [0.05, 0.1) is 0 Å². The molecule has 6 heteroatoms. The van der Waals surface area contributed by atoms with Crippen LogP contribution in [0.1, 0.15) is 5.56 Å². The number of ether oxygens (including phenoxy) is 1. The SMILES string of the molecule is O=C(O)N1CCN(c2ccc(-c3ccc(OCc4ccccc4)c(F)c3)cc2)CC1. The van der Waals surface area contributed by atoms with Crippen LogP contribution < -0.4 is 9.64 Å². The molecule has 1 aliphatic heterocycles. The highest BCUT2D eigenvalue weighted by Crippen LogP contribution is 2.28. The van der Waals surface area contributed by atoms with Gasteiger partial charge < -0.3 is 19.6 Å². The predicted molar refractivity (Wildman–Crippen MR) is 114 cm³/mol. The Morgan fingerprint density at radius 3 is 2.20 bits per heavy atom. The first-order valence-corrected chi connectivity index (χ1v) is 9.90. The Hall–Kier alpha value is -3.54. The first kappa shape index (κ1) is 19.8. The summed E-state index contributed by atoms with van der Waals surface area (Å²) in [6.07, 6.45) is -0.872. The Kier molecular flexibility index (Phi) is 5.84. The lowest BCUT2D eigenvalue weighted by molar-refractivity contribution is 0.142. The number of hydrogen-bond acceptors (Lipinski definition) is 3. The van der Waals surface area contributed by atoms with E-state index in [0.717, 1.165) is 22.4 Å². The van der Waals surface area contributed by atoms with E-state index in [1.165, 1.54) is 11.0 Å². The monoisotopic (exact) mass is 406 g/mol. The Bertz CT molecular complexity index is 1000. The zero-order valence-electron chi connectivity index (χ0n) is 16.5. The maximum Gasteiger partial charge on any atom is 0.407 e. The Morgan fingerprint density at radius 2 is 1.57 bits per heavy atom. The van der Waals surface area contributed by atoms with Crippen LogP contribution >= 0.6 is 0 Å². The summed E-state index contributed by atoms with van der Waals surface area (Å²) in [5.41, 5.74) is 3.71. The molecule has 3 aromatic carbocycles. The van der Waals surface area contributed by atoms with Crippen molar-refractivity contribution in [3.63, 3.8) is 0 Å². The molecular weight excluding hydrogens is 383 g/mol. The van der Waals surface area contributed by atoms with E-state index < -0.39 is 11.9 Å². The number of amides is 1. The molecule has 0 atom stereocenters. The molecule has 1 saturated heterocycles. The van der Waals surface area contributed by atoms with E-state index >= 15 is 0 Å². The van der Waals surface area contributed by atoms with Crippen molar-refractivity contribution < 1.29 is 19.0 Å². The Labute approximate surface area is 174 Å². The van der Waals surface area contributed by atoms with Crippen LogP contribution in [-0.4, -0.2) is 42.3 Å². The molecule has 5 nitrogen and oxygen atoms in total. The summed E-state index contributed by atoms with van der Waals surface area (Å²) in [5, 5.41) is 9.06. The third kappa shape index (κ3) is 4.54. The number of carboxylic acid groups (broad SMARTS) is 1. The number of piperazine rings is 1. The zero-order chi connectivity index (χ0) is 20.9. The summed E-state index contributed by atoms with van der Waals surface area (Å²) in [4.78, 5) is 14.6. The number of rotatable bonds is 5. The van der Waals surface area contributed by atoms with E-state index in [0.29, 0.717) is 32.8 Å². The maximum absolute atomic E-state index is 14.5. The molecule has 0 aromatic heterocycles. The maximum atomic E-state index is 14.5. The van der Waals surface area contributed by atoms with Gasteiger partial charge in [-0.2, -0.15) is 0 Å². The van der Waals surface area contributed by atoms with Crippen LogP contribution in [0.15, 0.2) is 72.8 Å². The highest BCUT2D eigenvalue weighted by atomic mass is 19.1. The van der Waals surface area contributed by atoms with Crippen molar-refractivity contribution in [1.82, 2.24) is 4.90 Å². The fraction of sp³-hybridized carbons (Fsp3) is 0.208. The second kappa shape index (κ2) is 8.86. The molecule has 0 aliphatic carbocycles. The average molecular weight is 406 g/mol. The van der Waals surface area contributed by atoms with E-state index in [1.54, 1.807) is 6.07 Å². The molecule has 154 valence electrons. The molecule has 3 aromatic rings. The van der Waals surface area contributed by atoms with Crippen LogP contribution in [-0.2, 0) is 6.61 Å². The van der Waals surface area contributed by atoms with E-state index in [9.17, 15) is 9.18 Å². The number of halogens is 1. The van der Waals surface area contributed by atoms with E-state index in [-0.39, 0.29) is 5.75 Å². The van der Waals surface area contributed by atoms with E-state index in [2.05, 4.69) is 4.90 Å². The van der Waals surface area contributed by atoms with Crippen molar-refractivity contribution in [3.05, 3.63) is 84.2 Å². The molecule has 0 unspecified atom stereocenters. The second-order valence-electron chi connectivity index (χ2n) is 7.22. The number of carbonyl (C=O) groups is 1. The second-order valence-corrected chi connectivity index (χ2v) is 7.22. The van der Waals surface area contributed by atoms with Crippen LogP contribution in [0, 0.1) is 5.82 Å². The summed E-state index contributed by atoms with van der Waals surface area (Å²) in [5.74, 6) is -0.159. The minimum Gasteiger partial charge on any atom is -0.486 e. The Balaban J connectivity index is 1.40. The van der Waals surface area contributed by atoms with Gasteiger partial charge in [0.2, 0.25) is 0 Å². The van der Waals surface area contributed by atoms with Crippen molar-refractivity contribution >= 4 is 11.8 Å². The first-order chi connectivity index (χ1) is 14.6. The van der Waals surface area contributed by atoms with E-state index in [4.69, 9.17) is 9.84 Å². The van der Waals surface area contributed by atoms with Crippen LogP contribution in [0.5, 0.6) is 5.75 Å². The number of hydrogen-bond donors (Lipinski definition) is 1. The molecule has 1 amide bonds. The molecule has 1 aliphatic rings. The van der Waals surface area contributed by atoms with Gasteiger partial charge >= 0.3 is 6.09 Å². The van der Waals surface area contributed by atoms with Crippen molar-refractivity contribution in [2.75, 3.05) is 31.1 Å². The first-order valence-electron chi connectivity index (χ1n) is 9.90. The summed E-state index contributed by atoms with van der Waals surface area (Å²) < 4.78 is 20.1. The summed E-state index contributed by atoms with van der Waals surface area (Å²) in [6, 6.07) is 22.5. The number of nitrogens with zero attached hydrogens (tertiary/aromatic N) is 2. The van der Waals surface area contributed by atoms with Gasteiger partial charge in [0, 0.05) is 31.9 Å². The zero-order valence-corrected chi connectivity index (χ0v) is 16.5. The van der Waals surface area contributed by atoms with Gasteiger partial charge in [0.25, 0.3) is 0 Å². The Morgan fingerprint density at radius 1 is 0.900 bits per heavy atom. The molecule has 0 bridgehead atoms. The van der Waals surface area contributed by atoms with Crippen molar-refractivity contribution in [3.8, 4) is 16.9 Å². The normalized spacial score (nSPS) is 13.9. The van der Waals surface area contributed by atoms with Crippen molar-refractivity contribution in [1.29, 1.82) is 0 Å².